The van der Waals surface area contributed by atoms with Crippen molar-refractivity contribution in [1.82, 2.24) is 4.90 Å². The highest BCUT2D eigenvalue weighted by atomic mass is 16.5. The monoisotopic (exact) mass is 213 g/mol. The van der Waals surface area contributed by atoms with Crippen molar-refractivity contribution in [1.29, 1.82) is 0 Å². The van der Waals surface area contributed by atoms with Crippen molar-refractivity contribution >= 4 is 17.6 Å². The SMILES string of the molecule is CC(C)(C)C(=O)CN1C(=O)COCC1=O. The van der Waals surface area contributed by atoms with E-state index in [0.29, 0.717) is 0 Å². The average molecular weight is 213 g/mol. The molecular weight excluding hydrogens is 198 g/mol. The zero-order valence-electron chi connectivity index (χ0n) is 9.20. The van der Waals surface area contributed by atoms with Crippen molar-refractivity contribution in [3.05, 3.63) is 0 Å². The van der Waals surface area contributed by atoms with Gasteiger partial charge in [0.25, 0.3) is 11.8 Å². The molecule has 1 rings (SSSR count). The first-order valence-corrected chi connectivity index (χ1v) is 4.76. The molecule has 2 amide bonds. The van der Waals surface area contributed by atoms with Gasteiger partial charge in [-0.1, -0.05) is 20.8 Å². The lowest BCUT2D eigenvalue weighted by atomic mass is 9.90. The van der Waals surface area contributed by atoms with Gasteiger partial charge in [0.05, 0.1) is 6.54 Å². The van der Waals surface area contributed by atoms with Gasteiger partial charge in [0.2, 0.25) is 0 Å². The van der Waals surface area contributed by atoms with Crippen molar-refractivity contribution < 1.29 is 19.1 Å². The van der Waals surface area contributed by atoms with Crippen LogP contribution in [0.2, 0.25) is 0 Å². The zero-order valence-corrected chi connectivity index (χ0v) is 9.20. The second-order valence-corrected chi connectivity index (χ2v) is 4.54. The van der Waals surface area contributed by atoms with Gasteiger partial charge in [-0.2, -0.15) is 0 Å². The minimum absolute atomic E-state index is 0.122. The molecule has 0 atom stereocenters. The van der Waals surface area contributed by atoms with Crippen LogP contribution in [-0.2, 0) is 19.1 Å². The molecule has 5 nitrogen and oxygen atoms in total. The quantitative estimate of drug-likeness (QED) is 0.605. The van der Waals surface area contributed by atoms with E-state index < -0.39 is 17.2 Å². The summed E-state index contributed by atoms with van der Waals surface area (Å²) >= 11 is 0. The first-order valence-electron chi connectivity index (χ1n) is 4.76. The van der Waals surface area contributed by atoms with Crippen molar-refractivity contribution in [2.24, 2.45) is 5.41 Å². The lowest BCUT2D eigenvalue weighted by Crippen LogP contribution is -2.49. The lowest BCUT2D eigenvalue weighted by Gasteiger charge is -2.27. The predicted molar refractivity (Wildman–Crippen MR) is 52.0 cm³/mol. The lowest BCUT2D eigenvalue weighted by molar-refractivity contribution is -0.160. The van der Waals surface area contributed by atoms with Gasteiger partial charge < -0.3 is 4.74 Å². The molecule has 0 aliphatic carbocycles. The highest BCUT2D eigenvalue weighted by Gasteiger charge is 2.31. The van der Waals surface area contributed by atoms with Crippen molar-refractivity contribution in [2.75, 3.05) is 19.8 Å². The summed E-state index contributed by atoms with van der Waals surface area (Å²) in [6, 6.07) is 0. The normalized spacial score (nSPS) is 18.2. The molecule has 5 heteroatoms. The van der Waals surface area contributed by atoms with Crippen LogP contribution in [0, 0.1) is 5.41 Å². The maximum atomic E-state index is 11.6. The average Bonchev–Trinajstić information content (AvgIpc) is 2.09. The molecule has 0 radical (unpaired) electrons. The third-order valence-corrected chi connectivity index (χ3v) is 2.19. The Morgan fingerprint density at radius 3 is 2.13 bits per heavy atom. The maximum absolute atomic E-state index is 11.6. The van der Waals surface area contributed by atoms with E-state index in [9.17, 15) is 14.4 Å². The number of carbonyl (C=O) groups is 3. The first kappa shape index (κ1) is 11.8. The fourth-order valence-corrected chi connectivity index (χ4v) is 1.08. The molecule has 1 heterocycles. The van der Waals surface area contributed by atoms with Crippen LogP contribution in [0.3, 0.4) is 0 Å². The Bertz CT molecular complexity index is 287. The molecule has 0 unspecified atom stereocenters. The number of carbonyl (C=O) groups excluding carboxylic acids is 3. The Morgan fingerprint density at radius 1 is 1.27 bits per heavy atom. The zero-order chi connectivity index (χ0) is 11.6. The number of nitrogens with zero attached hydrogens (tertiary/aromatic N) is 1. The Hall–Kier alpha value is -1.23. The molecular formula is C10H15NO4. The second kappa shape index (κ2) is 4.10. The highest BCUT2D eigenvalue weighted by molar-refractivity contribution is 6.02. The number of hydrogen-bond donors (Lipinski definition) is 0. The molecule has 0 spiro atoms. The van der Waals surface area contributed by atoms with Crippen molar-refractivity contribution in [3.8, 4) is 0 Å². The maximum Gasteiger partial charge on any atom is 0.255 e. The molecule has 0 aromatic heterocycles. The molecule has 0 bridgehead atoms. The van der Waals surface area contributed by atoms with E-state index in [4.69, 9.17) is 4.74 Å². The summed E-state index contributed by atoms with van der Waals surface area (Å²) < 4.78 is 4.74. The van der Waals surface area contributed by atoms with Gasteiger partial charge in [-0.05, 0) is 0 Å². The summed E-state index contributed by atoms with van der Waals surface area (Å²) in [6.45, 7) is 4.87. The number of ketones is 1. The Balaban J connectivity index is 2.68. The first-order chi connectivity index (χ1) is 6.82. The van der Waals surface area contributed by atoms with E-state index >= 15 is 0 Å². The van der Waals surface area contributed by atoms with E-state index in [1.807, 2.05) is 0 Å². The number of morpholine rings is 1. The van der Waals surface area contributed by atoms with E-state index in [-0.39, 0.29) is 25.5 Å². The minimum atomic E-state index is -0.543. The Labute approximate surface area is 88.4 Å². The van der Waals surface area contributed by atoms with E-state index in [0.717, 1.165) is 4.90 Å². The summed E-state index contributed by atoms with van der Waals surface area (Å²) in [5.41, 5.74) is -0.543. The van der Waals surface area contributed by atoms with Crippen LogP contribution in [0.1, 0.15) is 20.8 Å². The van der Waals surface area contributed by atoms with Crippen molar-refractivity contribution in [3.63, 3.8) is 0 Å². The Kier molecular flexibility index (Phi) is 3.24. The molecule has 1 saturated heterocycles. The fraction of sp³-hybridized carbons (Fsp3) is 0.700. The number of hydrogen-bond acceptors (Lipinski definition) is 4. The van der Waals surface area contributed by atoms with Crippen LogP contribution in [0.15, 0.2) is 0 Å². The standard InChI is InChI=1S/C10H15NO4/c1-10(2,3)7(12)4-11-8(13)5-15-6-9(11)14/h4-6H2,1-3H3. The van der Waals surface area contributed by atoms with Crippen LogP contribution in [0.4, 0.5) is 0 Å². The van der Waals surface area contributed by atoms with Gasteiger partial charge in [0.1, 0.15) is 13.2 Å². The molecule has 0 N–H and O–H groups in total. The summed E-state index contributed by atoms with van der Waals surface area (Å²) in [5, 5.41) is 0. The summed E-state index contributed by atoms with van der Waals surface area (Å²) in [4.78, 5) is 35.2. The van der Waals surface area contributed by atoms with Crippen LogP contribution >= 0.6 is 0 Å². The summed E-state index contributed by atoms with van der Waals surface area (Å²) in [7, 11) is 0. The molecule has 0 saturated carbocycles. The van der Waals surface area contributed by atoms with E-state index in [2.05, 4.69) is 0 Å². The topological polar surface area (TPSA) is 63.7 Å². The highest BCUT2D eigenvalue weighted by Crippen LogP contribution is 2.16. The van der Waals surface area contributed by atoms with Crippen LogP contribution in [0.25, 0.3) is 0 Å². The molecule has 0 aromatic carbocycles. The summed E-state index contributed by atoms with van der Waals surface area (Å²) in [5.74, 6) is -1.01. The van der Waals surface area contributed by atoms with Gasteiger partial charge >= 0.3 is 0 Å². The fourth-order valence-electron chi connectivity index (χ4n) is 1.08. The minimum Gasteiger partial charge on any atom is -0.362 e. The van der Waals surface area contributed by atoms with Crippen LogP contribution < -0.4 is 0 Å². The number of amides is 2. The predicted octanol–water partition coefficient (Wildman–Crippen LogP) is -0.0130. The molecule has 1 aliphatic heterocycles. The van der Waals surface area contributed by atoms with E-state index in [1.54, 1.807) is 20.8 Å². The number of Topliss-reactive ketones (excluding diaryl/α,β-unsaturated/α-hetero) is 1. The Morgan fingerprint density at radius 2 is 1.73 bits per heavy atom. The second-order valence-electron chi connectivity index (χ2n) is 4.54. The number of ether oxygens (including phenoxy) is 1. The smallest absolute Gasteiger partial charge is 0.255 e. The van der Waals surface area contributed by atoms with Gasteiger partial charge in [-0.15, -0.1) is 0 Å². The number of rotatable bonds is 2. The molecule has 0 aromatic rings. The largest absolute Gasteiger partial charge is 0.362 e. The third-order valence-electron chi connectivity index (χ3n) is 2.19. The van der Waals surface area contributed by atoms with Gasteiger partial charge in [0, 0.05) is 5.41 Å². The summed E-state index contributed by atoms with van der Waals surface area (Å²) in [6.07, 6.45) is 0. The molecule has 1 aliphatic rings. The number of imide groups is 1. The van der Waals surface area contributed by atoms with E-state index in [1.165, 1.54) is 0 Å². The molecule has 1 fully saturated rings. The van der Waals surface area contributed by atoms with Gasteiger partial charge in [-0.25, -0.2) is 0 Å². The van der Waals surface area contributed by atoms with Gasteiger partial charge in [0.15, 0.2) is 5.78 Å². The van der Waals surface area contributed by atoms with Crippen LogP contribution in [-0.4, -0.2) is 42.3 Å². The molecule has 15 heavy (non-hydrogen) atoms. The van der Waals surface area contributed by atoms with Crippen molar-refractivity contribution in [2.45, 2.75) is 20.8 Å². The van der Waals surface area contributed by atoms with Crippen LogP contribution in [0.5, 0.6) is 0 Å². The third kappa shape index (κ3) is 2.86. The van der Waals surface area contributed by atoms with Gasteiger partial charge in [-0.3, -0.25) is 19.3 Å². The molecule has 84 valence electrons.